The normalized spacial score (nSPS) is 10.2. The summed E-state index contributed by atoms with van der Waals surface area (Å²) in [4.78, 5) is 13.3. The molecule has 0 aliphatic carbocycles. The average molecular weight is 273 g/mol. The van der Waals surface area contributed by atoms with Gasteiger partial charge in [-0.3, -0.25) is 4.79 Å². The molecule has 20 heavy (non-hydrogen) atoms. The fourth-order valence-electron chi connectivity index (χ4n) is 1.78. The van der Waals surface area contributed by atoms with Crippen LogP contribution in [0.25, 0.3) is 0 Å². The molecule has 0 saturated heterocycles. The Bertz CT molecular complexity index is 641. The first-order valence-electron chi connectivity index (χ1n) is 6.12. The Labute approximate surface area is 117 Å². The molecule has 0 aromatic heterocycles. The molecule has 0 radical (unpaired) electrons. The standard InChI is InChI=1S/C15H16FN3O/c1-19(2)15(20)10-7-8-14(12(17)9-10)18-13-6-4-3-5-11(13)16/h3-9,18H,17H2,1-2H3. The molecule has 3 N–H and O–H groups in total. The van der Waals surface area contributed by atoms with Crippen molar-refractivity contribution in [2.45, 2.75) is 0 Å². The molecule has 0 aliphatic heterocycles. The van der Waals surface area contributed by atoms with Crippen molar-refractivity contribution in [1.29, 1.82) is 0 Å². The fourth-order valence-corrected chi connectivity index (χ4v) is 1.78. The number of nitrogens with zero attached hydrogens (tertiary/aromatic N) is 1. The zero-order chi connectivity index (χ0) is 14.7. The highest BCUT2D eigenvalue weighted by Gasteiger charge is 2.10. The van der Waals surface area contributed by atoms with Gasteiger partial charge < -0.3 is 16.0 Å². The minimum Gasteiger partial charge on any atom is -0.397 e. The van der Waals surface area contributed by atoms with Crippen LogP contribution in [0.1, 0.15) is 10.4 Å². The van der Waals surface area contributed by atoms with Crippen LogP contribution in [0.3, 0.4) is 0 Å². The van der Waals surface area contributed by atoms with Gasteiger partial charge in [0, 0.05) is 19.7 Å². The van der Waals surface area contributed by atoms with Crippen molar-refractivity contribution in [3.05, 3.63) is 53.8 Å². The molecular formula is C15H16FN3O. The number of benzene rings is 2. The molecule has 0 heterocycles. The topological polar surface area (TPSA) is 58.4 Å². The number of nitrogens with one attached hydrogen (secondary N) is 1. The van der Waals surface area contributed by atoms with Crippen molar-refractivity contribution in [3.8, 4) is 0 Å². The largest absolute Gasteiger partial charge is 0.397 e. The number of anilines is 3. The summed E-state index contributed by atoms with van der Waals surface area (Å²) in [6.07, 6.45) is 0. The lowest BCUT2D eigenvalue weighted by molar-refractivity contribution is 0.0827. The Balaban J connectivity index is 2.27. The Kier molecular flexibility index (Phi) is 3.89. The van der Waals surface area contributed by atoms with Crippen molar-refractivity contribution in [2.24, 2.45) is 0 Å². The van der Waals surface area contributed by atoms with Gasteiger partial charge in [-0.15, -0.1) is 0 Å². The van der Waals surface area contributed by atoms with Gasteiger partial charge in [-0.1, -0.05) is 12.1 Å². The SMILES string of the molecule is CN(C)C(=O)c1ccc(Nc2ccccc2F)c(N)c1. The Morgan fingerprint density at radius 1 is 1.15 bits per heavy atom. The quantitative estimate of drug-likeness (QED) is 0.845. The van der Waals surface area contributed by atoms with E-state index in [4.69, 9.17) is 5.73 Å². The predicted octanol–water partition coefficient (Wildman–Crippen LogP) is 2.85. The van der Waals surface area contributed by atoms with Gasteiger partial charge in [-0.05, 0) is 30.3 Å². The minimum absolute atomic E-state index is 0.130. The van der Waals surface area contributed by atoms with Gasteiger partial charge in [0.1, 0.15) is 5.82 Å². The highest BCUT2D eigenvalue weighted by atomic mass is 19.1. The molecule has 0 unspecified atom stereocenters. The second-order valence-electron chi connectivity index (χ2n) is 4.61. The highest BCUT2D eigenvalue weighted by Crippen LogP contribution is 2.26. The number of rotatable bonds is 3. The van der Waals surface area contributed by atoms with Gasteiger partial charge in [0.2, 0.25) is 0 Å². The number of para-hydroxylation sites is 1. The van der Waals surface area contributed by atoms with E-state index in [1.807, 2.05) is 0 Å². The lowest BCUT2D eigenvalue weighted by atomic mass is 10.1. The van der Waals surface area contributed by atoms with Gasteiger partial charge in [0.25, 0.3) is 5.91 Å². The summed E-state index contributed by atoms with van der Waals surface area (Å²) in [5.41, 5.74) is 7.68. The van der Waals surface area contributed by atoms with Gasteiger partial charge in [-0.2, -0.15) is 0 Å². The summed E-state index contributed by atoms with van der Waals surface area (Å²) < 4.78 is 13.6. The molecule has 2 rings (SSSR count). The van der Waals surface area contributed by atoms with E-state index in [0.29, 0.717) is 22.6 Å². The van der Waals surface area contributed by atoms with E-state index in [2.05, 4.69) is 5.32 Å². The predicted molar refractivity (Wildman–Crippen MR) is 78.6 cm³/mol. The molecule has 1 amide bonds. The van der Waals surface area contributed by atoms with Crippen LogP contribution >= 0.6 is 0 Å². The summed E-state index contributed by atoms with van der Waals surface area (Å²) in [6, 6.07) is 11.2. The highest BCUT2D eigenvalue weighted by molar-refractivity contribution is 5.96. The zero-order valence-electron chi connectivity index (χ0n) is 11.4. The van der Waals surface area contributed by atoms with Crippen molar-refractivity contribution in [3.63, 3.8) is 0 Å². The Hall–Kier alpha value is -2.56. The third kappa shape index (κ3) is 2.88. The number of carbonyl (C=O) groups excluding carboxylic acids is 1. The minimum atomic E-state index is -0.361. The smallest absolute Gasteiger partial charge is 0.253 e. The van der Waals surface area contributed by atoms with Crippen LogP contribution < -0.4 is 11.1 Å². The molecule has 2 aromatic rings. The molecule has 4 nitrogen and oxygen atoms in total. The van der Waals surface area contributed by atoms with E-state index >= 15 is 0 Å². The van der Waals surface area contributed by atoms with Crippen LogP contribution in [-0.4, -0.2) is 24.9 Å². The number of nitrogens with two attached hydrogens (primary N) is 1. The van der Waals surface area contributed by atoms with Crippen LogP contribution in [0.5, 0.6) is 0 Å². The molecule has 0 atom stereocenters. The van der Waals surface area contributed by atoms with Gasteiger partial charge in [0.05, 0.1) is 17.1 Å². The van der Waals surface area contributed by atoms with Crippen molar-refractivity contribution in [2.75, 3.05) is 25.1 Å². The Morgan fingerprint density at radius 2 is 1.85 bits per heavy atom. The fraction of sp³-hybridized carbons (Fsp3) is 0.133. The molecule has 2 aromatic carbocycles. The van der Waals surface area contributed by atoms with Crippen LogP contribution in [0.2, 0.25) is 0 Å². The van der Waals surface area contributed by atoms with E-state index in [9.17, 15) is 9.18 Å². The third-order valence-electron chi connectivity index (χ3n) is 2.85. The van der Waals surface area contributed by atoms with Gasteiger partial charge in [-0.25, -0.2) is 4.39 Å². The number of amides is 1. The van der Waals surface area contributed by atoms with Gasteiger partial charge >= 0.3 is 0 Å². The number of halogens is 1. The average Bonchev–Trinajstić information content (AvgIpc) is 2.42. The molecule has 104 valence electrons. The number of carbonyl (C=O) groups is 1. The first kappa shape index (κ1) is 13.9. The second-order valence-corrected chi connectivity index (χ2v) is 4.61. The summed E-state index contributed by atoms with van der Waals surface area (Å²) in [7, 11) is 3.34. The maximum atomic E-state index is 13.6. The first-order chi connectivity index (χ1) is 9.49. The molecule has 0 saturated carbocycles. The summed E-state index contributed by atoms with van der Waals surface area (Å²) in [6.45, 7) is 0. The van der Waals surface area contributed by atoms with Crippen molar-refractivity contribution in [1.82, 2.24) is 4.90 Å². The summed E-state index contributed by atoms with van der Waals surface area (Å²) in [5, 5.41) is 2.91. The summed E-state index contributed by atoms with van der Waals surface area (Å²) in [5.74, 6) is -0.491. The number of nitrogen functional groups attached to an aromatic ring is 1. The van der Waals surface area contributed by atoms with E-state index in [1.54, 1.807) is 50.5 Å². The first-order valence-corrected chi connectivity index (χ1v) is 6.12. The third-order valence-corrected chi connectivity index (χ3v) is 2.85. The van der Waals surface area contributed by atoms with Crippen LogP contribution in [0.4, 0.5) is 21.5 Å². The Morgan fingerprint density at radius 3 is 2.45 bits per heavy atom. The zero-order valence-corrected chi connectivity index (χ0v) is 11.4. The van der Waals surface area contributed by atoms with Gasteiger partial charge in [0.15, 0.2) is 0 Å². The summed E-state index contributed by atoms with van der Waals surface area (Å²) >= 11 is 0. The lowest BCUT2D eigenvalue weighted by Crippen LogP contribution is -2.21. The maximum absolute atomic E-state index is 13.6. The van der Waals surface area contributed by atoms with E-state index < -0.39 is 0 Å². The van der Waals surface area contributed by atoms with E-state index in [1.165, 1.54) is 11.0 Å². The van der Waals surface area contributed by atoms with E-state index in [-0.39, 0.29) is 11.7 Å². The second kappa shape index (κ2) is 5.61. The maximum Gasteiger partial charge on any atom is 0.253 e. The van der Waals surface area contributed by atoms with Crippen LogP contribution in [0, 0.1) is 5.82 Å². The molecule has 0 fully saturated rings. The molecule has 0 aliphatic rings. The monoisotopic (exact) mass is 273 g/mol. The van der Waals surface area contributed by atoms with Crippen molar-refractivity contribution >= 4 is 23.0 Å². The van der Waals surface area contributed by atoms with Crippen LogP contribution in [-0.2, 0) is 0 Å². The molecule has 0 spiro atoms. The molecule has 0 bridgehead atoms. The van der Waals surface area contributed by atoms with Crippen molar-refractivity contribution < 1.29 is 9.18 Å². The van der Waals surface area contributed by atoms with Crippen LogP contribution in [0.15, 0.2) is 42.5 Å². The lowest BCUT2D eigenvalue weighted by Gasteiger charge is -2.13. The number of hydrogen-bond acceptors (Lipinski definition) is 3. The molecular weight excluding hydrogens is 257 g/mol. The number of hydrogen-bond donors (Lipinski definition) is 2. The van der Waals surface area contributed by atoms with E-state index in [0.717, 1.165) is 0 Å². The molecule has 5 heteroatoms.